The number of ether oxygens (including phenoxy) is 1. The van der Waals surface area contributed by atoms with E-state index in [1.165, 1.54) is 18.9 Å². The topological polar surface area (TPSA) is 9.23 Å². The molecule has 0 aliphatic heterocycles. The monoisotopic (exact) mass is 220 g/mol. The normalized spacial score (nSPS) is 32.0. The van der Waals surface area contributed by atoms with Crippen molar-refractivity contribution in [2.24, 2.45) is 11.8 Å². The predicted molar refractivity (Wildman–Crippen MR) is 61.0 cm³/mol. The minimum Gasteiger partial charge on any atom is -0.487 e. The number of para-hydroxylation sites is 1. The number of aryl methyl sites for hydroxylation is 1. The maximum atomic E-state index is 13.6. The quantitative estimate of drug-likeness (QED) is 0.738. The molecular formula is C14H17FO. The number of halogens is 1. The minimum atomic E-state index is -0.223. The van der Waals surface area contributed by atoms with Gasteiger partial charge in [-0.25, -0.2) is 4.39 Å². The summed E-state index contributed by atoms with van der Waals surface area (Å²) < 4.78 is 19.4. The summed E-state index contributed by atoms with van der Waals surface area (Å²) in [7, 11) is 0. The second-order valence-electron chi connectivity index (χ2n) is 5.30. The Labute approximate surface area is 95.6 Å². The van der Waals surface area contributed by atoms with Crippen molar-refractivity contribution >= 4 is 0 Å². The highest BCUT2D eigenvalue weighted by atomic mass is 19.1. The molecule has 0 N–H and O–H groups in total. The first-order valence-electron chi connectivity index (χ1n) is 6.14. The van der Waals surface area contributed by atoms with Gasteiger partial charge in [0.2, 0.25) is 0 Å². The molecule has 0 aromatic heterocycles. The van der Waals surface area contributed by atoms with E-state index in [0.717, 1.165) is 30.2 Å². The maximum Gasteiger partial charge on any atom is 0.165 e. The van der Waals surface area contributed by atoms with Crippen molar-refractivity contribution in [1.29, 1.82) is 0 Å². The fourth-order valence-corrected chi connectivity index (χ4v) is 3.13. The number of fused-ring (bicyclic) bond motifs is 2. The summed E-state index contributed by atoms with van der Waals surface area (Å²) in [4.78, 5) is 0. The van der Waals surface area contributed by atoms with E-state index in [-0.39, 0.29) is 11.9 Å². The average molecular weight is 220 g/mol. The summed E-state index contributed by atoms with van der Waals surface area (Å²) >= 11 is 0. The third kappa shape index (κ3) is 1.70. The standard InChI is InChI=1S/C14H17FO/c1-9-3-2-4-13(15)14(9)16-12-7-10-5-11(6-10)8-12/h2-4,10-12H,5-8H2,1H3. The number of hydrogen-bond acceptors (Lipinski definition) is 1. The van der Waals surface area contributed by atoms with Gasteiger partial charge in [-0.3, -0.25) is 0 Å². The molecule has 1 aromatic rings. The van der Waals surface area contributed by atoms with Crippen LogP contribution in [0.15, 0.2) is 18.2 Å². The van der Waals surface area contributed by atoms with Gasteiger partial charge in [-0.2, -0.15) is 0 Å². The van der Waals surface area contributed by atoms with Gasteiger partial charge in [0.25, 0.3) is 0 Å². The van der Waals surface area contributed by atoms with Crippen molar-refractivity contribution in [1.82, 2.24) is 0 Å². The lowest BCUT2D eigenvalue weighted by Crippen LogP contribution is -2.39. The molecule has 1 nitrogen and oxygen atoms in total. The Morgan fingerprint density at radius 1 is 1.12 bits per heavy atom. The highest BCUT2D eigenvalue weighted by Gasteiger charge is 2.39. The molecule has 86 valence electrons. The lowest BCUT2D eigenvalue weighted by Gasteiger charge is -2.45. The van der Waals surface area contributed by atoms with Crippen LogP contribution in [-0.2, 0) is 0 Å². The van der Waals surface area contributed by atoms with E-state index in [0.29, 0.717) is 5.75 Å². The van der Waals surface area contributed by atoms with Crippen molar-refractivity contribution in [3.63, 3.8) is 0 Å². The number of rotatable bonds is 2. The molecule has 2 bridgehead atoms. The molecular weight excluding hydrogens is 203 g/mol. The van der Waals surface area contributed by atoms with Crippen molar-refractivity contribution < 1.29 is 9.13 Å². The van der Waals surface area contributed by atoms with Crippen LogP contribution in [0.5, 0.6) is 5.75 Å². The average Bonchev–Trinajstić information content (AvgIpc) is 2.23. The van der Waals surface area contributed by atoms with Gasteiger partial charge in [-0.05, 0) is 56.1 Å². The summed E-state index contributed by atoms with van der Waals surface area (Å²) in [6.45, 7) is 1.90. The summed E-state index contributed by atoms with van der Waals surface area (Å²) in [5, 5.41) is 0. The lowest BCUT2D eigenvalue weighted by atomic mass is 9.64. The molecule has 3 aliphatic rings. The predicted octanol–water partition coefficient (Wildman–Crippen LogP) is 3.70. The van der Waals surface area contributed by atoms with E-state index in [9.17, 15) is 4.39 Å². The van der Waals surface area contributed by atoms with Crippen molar-refractivity contribution in [3.8, 4) is 5.75 Å². The SMILES string of the molecule is Cc1cccc(F)c1OC1CC2CC(C2)C1. The first kappa shape index (κ1) is 10.1. The Hall–Kier alpha value is -1.05. The summed E-state index contributed by atoms with van der Waals surface area (Å²) in [6.07, 6.45) is 5.22. The van der Waals surface area contributed by atoms with Gasteiger partial charge < -0.3 is 4.74 Å². The number of benzene rings is 1. The molecule has 3 aliphatic carbocycles. The van der Waals surface area contributed by atoms with Crippen molar-refractivity contribution in [2.45, 2.75) is 38.7 Å². The van der Waals surface area contributed by atoms with E-state index < -0.39 is 0 Å². The molecule has 0 heterocycles. The van der Waals surface area contributed by atoms with Gasteiger partial charge in [0.05, 0.1) is 6.10 Å². The van der Waals surface area contributed by atoms with Gasteiger partial charge in [0.15, 0.2) is 11.6 Å². The smallest absolute Gasteiger partial charge is 0.165 e. The maximum absolute atomic E-state index is 13.6. The van der Waals surface area contributed by atoms with Crippen LogP contribution in [-0.4, -0.2) is 6.10 Å². The van der Waals surface area contributed by atoms with Gasteiger partial charge in [-0.15, -0.1) is 0 Å². The zero-order valence-corrected chi connectivity index (χ0v) is 9.58. The lowest BCUT2D eigenvalue weighted by molar-refractivity contribution is 0.0109. The molecule has 4 rings (SSSR count). The van der Waals surface area contributed by atoms with Crippen LogP contribution in [0.1, 0.15) is 31.2 Å². The van der Waals surface area contributed by atoms with Crippen LogP contribution < -0.4 is 4.74 Å². The Balaban J connectivity index is 1.74. The fourth-order valence-electron chi connectivity index (χ4n) is 3.13. The van der Waals surface area contributed by atoms with Crippen LogP contribution in [0.4, 0.5) is 4.39 Å². The molecule has 0 saturated heterocycles. The molecule has 3 fully saturated rings. The van der Waals surface area contributed by atoms with E-state index in [4.69, 9.17) is 4.74 Å². The molecule has 0 atom stereocenters. The molecule has 0 amide bonds. The molecule has 1 aromatic carbocycles. The Bertz CT molecular complexity index is 365. The summed E-state index contributed by atoms with van der Waals surface area (Å²) in [5.41, 5.74) is 0.902. The second kappa shape index (κ2) is 3.76. The van der Waals surface area contributed by atoms with E-state index in [1.807, 2.05) is 13.0 Å². The Kier molecular flexibility index (Phi) is 2.38. The first-order chi connectivity index (χ1) is 7.72. The minimum absolute atomic E-state index is 0.223. The Morgan fingerprint density at radius 2 is 1.81 bits per heavy atom. The highest BCUT2D eigenvalue weighted by Crippen LogP contribution is 2.46. The molecule has 16 heavy (non-hydrogen) atoms. The third-order valence-electron chi connectivity index (χ3n) is 3.97. The van der Waals surface area contributed by atoms with Crippen LogP contribution in [0.3, 0.4) is 0 Å². The fraction of sp³-hybridized carbons (Fsp3) is 0.571. The van der Waals surface area contributed by atoms with Gasteiger partial charge >= 0.3 is 0 Å². The van der Waals surface area contributed by atoms with Crippen LogP contribution >= 0.6 is 0 Å². The largest absolute Gasteiger partial charge is 0.487 e. The van der Waals surface area contributed by atoms with E-state index in [1.54, 1.807) is 6.07 Å². The Morgan fingerprint density at radius 3 is 2.44 bits per heavy atom. The van der Waals surface area contributed by atoms with E-state index in [2.05, 4.69) is 0 Å². The van der Waals surface area contributed by atoms with Gasteiger partial charge in [0, 0.05) is 0 Å². The molecule has 0 unspecified atom stereocenters. The van der Waals surface area contributed by atoms with Crippen LogP contribution in [0.25, 0.3) is 0 Å². The molecule has 2 heteroatoms. The molecule has 0 spiro atoms. The van der Waals surface area contributed by atoms with E-state index >= 15 is 0 Å². The van der Waals surface area contributed by atoms with Crippen molar-refractivity contribution in [2.75, 3.05) is 0 Å². The number of hydrogen-bond donors (Lipinski definition) is 0. The second-order valence-corrected chi connectivity index (χ2v) is 5.30. The van der Waals surface area contributed by atoms with Gasteiger partial charge in [-0.1, -0.05) is 12.1 Å². The van der Waals surface area contributed by atoms with Crippen LogP contribution in [0, 0.1) is 24.6 Å². The summed E-state index contributed by atoms with van der Waals surface area (Å²) in [6, 6.07) is 5.11. The molecule has 0 radical (unpaired) electrons. The highest BCUT2D eigenvalue weighted by molar-refractivity contribution is 5.33. The summed E-state index contributed by atoms with van der Waals surface area (Å²) in [5.74, 6) is 1.93. The third-order valence-corrected chi connectivity index (χ3v) is 3.97. The zero-order chi connectivity index (χ0) is 11.1. The molecule has 3 saturated carbocycles. The van der Waals surface area contributed by atoms with Crippen molar-refractivity contribution in [3.05, 3.63) is 29.6 Å². The first-order valence-corrected chi connectivity index (χ1v) is 6.14. The van der Waals surface area contributed by atoms with Gasteiger partial charge in [0.1, 0.15) is 0 Å². The van der Waals surface area contributed by atoms with Crippen LogP contribution in [0.2, 0.25) is 0 Å². The zero-order valence-electron chi connectivity index (χ0n) is 9.58.